The molecule has 0 bridgehead atoms. The molecule has 0 aromatic heterocycles. The summed E-state index contributed by atoms with van der Waals surface area (Å²) in [5.74, 6) is 1.96. The molecule has 0 aromatic carbocycles. The van der Waals surface area contributed by atoms with Gasteiger partial charge in [-0.05, 0) is 37.6 Å². The van der Waals surface area contributed by atoms with Gasteiger partial charge >= 0.3 is 0 Å². The fourth-order valence-corrected chi connectivity index (χ4v) is 4.17. The number of likely N-dealkylation sites (tertiary alicyclic amines) is 1. The van der Waals surface area contributed by atoms with Gasteiger partial charge in [0.1, 0.15) is 0 Å². The van der Waals surface area contributed by atoms with Gasteiger partial charge in [0.15, 0.2) is 0 Å². The Balaban J connectivity index is 1.68. The van der Waals surface area contributed by atoms with E-state index in [2.05, 4.69) is 4.90 Å². The van der Waals surface area contributed by atoms with E-state index in [0.717, 1.165) is 38.0 Å². The zero-order valence-corrected chi connectivity index (χ0v) is 10.9. The van der Waals surface area contributed by atoms with E-state index >= 15 is 0 Å². The van der Waals surface area contributed by atoms with Crippen LogP contribution in [0.25, 0.3) is 0 Å². The summed E-state index contributed by atoms with van der Waals surface area (Å²) in [6.45, 7) is 5.07. The van der Waals surface area contributed by atoms with Crippen molar-refractivity contribution in [2.75, 3.05) is 32.8 Å². The van der Waals surface area contributed by atoms with Gasteiger partial charge in [-0.25, -0.2) is 0 Å². The van der Waals surface area contributed by atoms with Crippen LogP contribution in [-0.2, 0) is 4.74 Å². The fourth-order valence-electron chi connectivity index (χ4n) is 4.17. The number of ether oxygens (including phenoxy) is 1. The third-order valence-electron chi connectivity index (χ3n) is 5.42. The Hall–Kier alpha value is -0.120. The van der Waals surface area contributed by atoms with E-state index in [-0.39, 0.29) is 5.54 Å². The maximum atomic E-state index is 6.05. The smallest absolute Gasteiger partial charge is 0.0663 e. The van der Waals surface area contributed by atoms with Crippen molar-refractivity contribution >= 4 is 0 Å². The zero-order chi connectivity index (χ0) is 11.7. The van der Waals surface area contributed by atoms with Crippen molar-refractivity contribution in [3.05, 3.63) is 0 Å². The van der Waals surface area contributed by atoms with Gasteiger partial charge in [0.25, 0.3) is 0 Å². The van der Waals surface area contributed by atoms with Crippen LogP contribution in [0.3, 0.4) is 0 Å². The van der Waals surface area contributed by atoms with Crippen molar-refractivity contribution < 1.29 is 4.74 Å². The van der Waals surface area contributed by atoms with Crippen molar-refractivity contribution in [3.63, 3.8) is 0 Å². The van der Waals surface area contributed by atoms with E-state index in [4.69, 9.17) is 10.5 Å². The maximum absolute atomic E-state index is 6.05. The number of nitrogens with zero attached hydrogens (tertiary/aromatic N) is 1. The highest BCUT2D eigenvalue weighted by atomic mass is 16.5. The molecule has 17 heavy (non-hydrogen) atoms. The van der Waals surface area contributed by atoms with Gasteiger partial charge in [0, 0.05) is 19.7 Å². The molecule has 0 aromatic rings. The second-order valence-electron chi connectivity index (χ2n) is 6.27. The summed E-state index contributed by atoms with van der Waals surface area (Å²) >= 11 is 0. The Morgan fingerprint density at radius 2 is 2.00 bits per heavy atom. The number of piperidine rings is 1. The third-order valence-corrected chi connectivity index (χ3v) is 5.42. The van der Waals surface area contributed by atoms with Gasteiger partial charge in [0.05, 0.1) is 12.1 Å². The molecule has 1 saturated carbocycles. The molecular formula is C14H26N2O. The standard InChI is InChI=1S/C14H26N2O/c15-10-14(6-8-17-11-14)16-7-5-12-3-1-2-4-13(12)9-16/h12-13H,1-11,15H2. The predicted octanol–water partition coefficient (Wildman–Crippen LogP) is 1.62. The van der Waals surface area contributed by atoms with Crippen LogP contribution in [0.15, 0.2) is 0 Å². The molecule has 3 nitrogen and oxygen atoms in total. The normalized spacial score (nSPS) is 43.6. The minimum atomic E-state index is 0.183. The average molecular weight is 238 g/mol. The lowest BCUT2D eigenvalue weighted by molar-refractivity contribution is 0.00183. The maximum Gasteiger partial charge on any atom is 0.0663 e. The van der Waals surface area contributed by atoms with Crippen LogP contribution in [0.2, 0.25) is 0 Å². The van der Waals surface area contributed by atoms with Gasteiger partial charge in [0.2, 0.25) is 0 Å². The Morgan fingerprint density at radius 1 is 1.18 bits per heavy atom. The van der Waals surface area contributed by atoms with Crippen molar-refractivity contribution in [2.24, 2.45) is 17.6 Å². The molecule has 98 valence electrons. The first-order chi connectivity index (χ1) is 8.34. The highest BCUT2D eigenvalue weighted by Crippen LogP contribution is 2.39. The molecule has 2 saturated heterocycles. The van der Waals surface area contributed by atoms with Gasteiger partial charge in [-0.3, -0.25) is 4.90 Å². The van der Waals surface area contributed by atoms with Crippen LogP contribution in [0.4, 0.5) is 0 Å². The Labute approximate surface area is 105 Å². The van der Waals surface area contributed by atoms with Crippen molar-refractivity contribution in [2.45, 2.75) is 44.1 Å². The fraction of sp³-hybridized carbons (Fsp3) is 1.00. The van der Waals surface area contributed by atoms with E-state index in [9.17, 15) is 0 Å². The lowest BCUT2D eigenvalue weighted by atomic mass is 9.74. The Kier molecular flexibility index (Phi) is 3.42. The predicted molar refractivity (Wildman–Crippen MR) is 68.9 cm³/mol. The molecule has 3 atom stereocenters. The van der Waals surface area contributed by atoms with Crippen LogP contribution < -0.4 is 5.73 Å². The number of rotatable bonds is 2. The molecule has 0 amide bonds. The van der Waals surface area contributed by atoms with Gasteiger partial charge in [-0.2, -0.15) is 0 Å². The monoisotopic (exact) mass is 238 g/mol. The van der Waals surface area contributed by atoms with E-state index < -0.39 is 0 Å². The molecule has 2 heterocycles. The number of fused-ring (bicyclic) bond motifs is 1. The summed E-state index contributed by atoms with van der Waals surface area (Å²) in [6.07, 6.45) is 8.37. The highest BCUT2D eigenvalue weighted by molar-refractivity contribution is 4.98. The third kappa shape index (κ3) is 2.13. The Bertz CT molecular complexity index is 263. The summed E-state index contributed by atoms with van der Waals surface area (Å²) < 4.78 is 5.62. The summed E-state index contributed by atoms with van der Waals surface area (Å²) in [4.78, 5) is 2.67. The van der Waals surface area contributed by atoms with Crippen LogP contribution in [0.1, 0.15) is 38.5 Å². The topological polar surface area (TPSA) is 38.5 Å². The van der Waals surface area contributed by atoms with Crippen LogP contribution >= 0.6 is 0 Å². The summed E-state index contributed by atoms with van der Waals surface area (Å²) in [7, 11) is 0. The van der Waals surface area contributed by atoms with Gasteiger partial charge in [-0.15, -0.1) is 0 Å². The minimum Gasteiger partial charge on any atom is -0.379 e. The lowest BCUT2D eigenvalue weighted by Crippen LogP contribution is -2.59. The minimum absolute atomic E-state index is 0.183. The first-order valence-electron chi connectivity index (χ1n) is 7.37. The lowest BCUT2D eigenvalue weighted by Gasteiger charge is -2.48. The molecule has 1 aliphatic carbocycles. The molecule has 0 spiro atoms. The first kappa shape index (κ1) is 11.9. The van der Waals surface area contributed by atoms with Crippen molar-refractivity contribution in [3.8, 4) is 0 Å². The first-order valence-corrected chi connectivity index (χ1v) is 7.37. The molecule has 0 radical (unpaired) electrons. The SMILES string of the molecule is NCC1(N2CCC3CCCCC3C2)CCOC1. The Morgan fingerprint density at radius 3 is 2.71 bits per heavy atom. The molecule has 3 rings (SSSR count). The van der Waals surface area contributed by atoms with Gasteiger partial charge < -0.3 is 10.5 Å². The van der Waals surface area contributed by atoms with Crippen molar-refractivity contribution in [1.29, 1.82) is 0 Å². The quantitative estimate of drug-likeness (QED) is 0.794. The molecule has 2 aliphatic heterocycles. The van der Waals surface area contributed by atoms with Gasteiger partial charge in [-0.1, -0.05) is 19.3 Å². The van der Waals surface area contributed by atoms with E-state index in [0.29, 0.717) is 0 Å². The van der Waals surface area contributed by atoms with Crippen LogP contribution in [0, 0.1) is 11.8 Å². The second-order valence-corrected chi connectivity index (χ2v) is 6.27. The molecule has 2 N–H and O–H groups in total. The number of nitrogens with two attached hydrogens (primary N) is 1. The molecule has 3 unspecified atom stereocenters. The second kappa shape index (κ2) is 4.87. The number of hydrogen-bond acceptors (Lipinski definition) is 3. The van der Waals surface area contributed by atoms with Crippen LogP contribution in [-0.4, -0.2) is 43.3 Å². The summed E-state index contributed by atoms with van der Waals surface area (Å²) in [5.41, 5.74) is 6.23. The summed E-state index contributed by atoms with van der Waals surface area (Å²) in [6, 6.07) is 0. The molecule has 3 aliphatic rings. The zero-order valence-electron chi connectivity index (χ0n) is 10.9. The molecular weight excluding hydrogens is 212 g/mol. The van der Waals surface area contributed by atoms with Crippen molar-refractivity contribution in [1.82, 2.24) is 4.90 Å². The van der Waals surface area contributed by atoms with E-state index in [1.165, 1.54) is 45.2 Å². The average Bonchev–Trinajstić information content (AvgIpc) is 2.88. The molecule has 3 heteroatoms. The summed E-state index contributed by atoms with van der Waals surface area (Å²) in [5, 5.41) is 0. The molecule has 3 fully saturated rings. The highest BCUT2D eigenvalue weighted by Gasteiger charge is 2.43. The van der Waals surface area contributed by atoms with E-state index in [1.54, 1.807) is 0 Å². The van der Waals surface area contributed by atoms with E-state index in [1.807, 2.05) is 0 Å². The largest absolute Gasteiger partial charge is 0.379 e. The van der Waals surface area contributed by atoms with Crippen LogP contribution in [0.5, 0.6) is 0 Å². The number of hydrogen-bond donors (Lipinski definition) is 1.